The number of piperidine rings is 1. The third-order valence-corrected chi connectivity index (χ3v) is 11.3. The molecule has 6 rings (SSSR count). The largest absolute Gasteiger partial charge is 0.462 e. The van der Waals surface area contributed by atoms with Gasteiger partial charge >= 0.3 is 17.7 Å². The standard InChI is InChI=1S/C42H49FN8O7S/c1-27(32-26-59-36-12-5-2-8-31(32)36)38(49-41(55)50-21-17-30(18-22-50)51-35-11-4-3-9-33(35)48-42(51)56)39(53)47-34(10-6-7-19-44)40(54)57-23-20-45-37(52)25-58-46-24-28-13-15-29(43)16-14-28/h2-5,8-9,11-16,24,26-27,30,34,38H,6-7,10,17-23,25,44H2,1H3,(H,45,52)(H,47,53)(H,48,56)(H,49,55)/b46-24+/i43-1. The molecule has 15 nitrogen and oxygen atoms in total. The van der Waals surface area contributed by atoms with Crippen molar-refractivity contribution in [3.63, 3.8) is 0 Å². The number of unbranched alkanes of at least 4 members (excludes halogenated alkanes) is 1. The van der Waals surface area contributed by atoms with Gasteiger partial charge in [0.15, 0.2) is 6.61 Å². The minimum atomic E-state index is -1.07. The van der Waals surface area contributed by atoms with Crippen LogP contribution in [0.2, 0.25) is 0 Å². The molecule has 0 bridgehead atoms. The molecule has 0 spiro atoms. The average molecular weight is 828 g/mol. The fourth-order valence-electron chi connectivity index (χ4n) is 7.18. The number of nitrogens with one attached hydrogen (secondary N) is 4. The Morgan fingerprint density at radius 2 is 1.76 bits per heavy atom. The third kappa shape index (κ3) is 11.1. The predicted molar refractivity (Wildman–Crippen MR) is 224 cm³/mol. The van der Waals surface area contributed by atoms with Crippen molar-refractivity contribution >= 4 is 62.5 Å². The zero-order valence-corrected chi connectivity index (χ0v) is 33.5. The molecule has 3 atom stereocenters. The number of imidazole rings is 1. The molecule has 59 heavy (non-hydrogen) atoms. The molecule has 2 aromatic heterocycles. The second-order valence-corrected chi connectivity index (χ2v) is 15.3. The van der Waals surface area contributed by atoms with Crippen molar-refractivity contribution in [2.45, 2.75) is 63.1 Å². The van der Waals surface area contributed by atoms with E-state index in [0.717, 1.165) is 26.7 Å². The fraction of sp³-hybridized carbons (Fsp3) is 0.381. The summed E-state index contributed by atoms with van der Waals surface area (Å²) in [6.07, 6.45) is 3.81. The van der Waals surface area contributed by atoms with E-state index in [4.69, 9.17) is 15.3 Å². The minimum Gasteiger partial charge on any atom is -0.462 e. The minimum absolute atomic E-state index is 0.0222. The number of ether oxygens (including phenoxy) is 1. The first-order valence-electron chi connectivity index (χ1n) is 19.7. The molecule has 3 unspecified atom stereocenters. The van der Waals surface area contributed by atoms with Crippen LogP contribution in [-0.4, -0.2) is 96.0 Å². The van der Waals surface area contributed by atoms with Crippen LogP contribution in [0.4, 0.5) is 9.18 Å². The van der Waals surface area contributed by atoms with Gasteiger partial charge in [-0.25, -0.2) is 18.8 Å². The summed E-state index contributed by atoms with van der Waals surface area (Å²) >= 11 is 1.54. The molecule has 1 aliphatic heterocycles. The van der Waals surface area contributed by atoms with E-state index in [9.17, 15) is 28.4 Å². The second kappa shape index (κ2) is 20.6. The number of fused-ring (bicyclic) bond motifs is 2. The molecule has 1 aliphatic rings. The van der Waals surface area contributed by atoms with Gasteiger partial charge < -0.3 is 41.1 Å². The number of likely N-dealkylation sites (tertiary alicyclic amines) is 1. The number of esters is 1. The van der Waals surface area contributed by atoms with E-state index in [-0.39, 0.29) is 37.1 Å². The van der Waals surface area contributed by atoms with Crippen molar-refractivity contribution in [2.75, 3.05) is 39.4 Å². The summed E-state index contributed by atoms with van der Waals surface area (Å²) in [6.45, 7) is 2.41. The lowest BCUT2D eigenvalue weighted by Gasteiger charge is -2.34. The Hall–Kier alpha value is -6.07. The van der Waals surface area contributed by atoms with Crippen molar-refractivity contribution in [1.82, 2.24) is 30.4 Å². The highest BCUT2D eigenvalue weighted by atomic mass is 32.1. The molecule has 4 amide bonds. The number of nitrogens with zero attached hydrogens (tertiary/aromatic N) is 3. The van der Waals surface area contributed by atoms with Crippen molar-refractivity contribution in [3.8, 4) is 0 Å². The Bertz CT molecular complexity index is 2300. The zero-order valence-electron chi connectivity index (χ0n) is 32.7. The van der Waals surface area contributed by atoms with Crippen molar-refractivity contribution in [3.05, 3.63) is 106 Å². The first-order chi connectivity index (χ1) is 28.6. The van der Waals surface area contributed by atoms with E-state index in [1.165, 1.54) is 30.5 Å². The lowest BCUT2D eigenvalue weighted by molar-refractivity contribution is -0.148. The molecule has 1 fully saturated rings. The number of thiophene rings is 1. The molecule has 5 aromatic rings. The van der Waals surface area contributed by atoms with Crippen LogP contribution in [-0.2, 0) is 24.0 Å². The number of halogens is 1. The van der Waals surface area contributed by atoms with Gasteiger partial charge in [-0.1, -0.05) is 54.5 Å². The number of nitrogens with two attached hydrogens (primary N) is 1. The number of hydrogen-bond acceptors (Lipinski definition) is 10. The molecule has 1 saturated heterocycles. The Morgan fingerprint density at radius 1 is 1.02 bits per heavy atom. The second-order valence-electron chi connectivity index (χ2n) is 14.4. The Morgan fingerprint density at radius 3 is 2.54 bits per heavy atom. The van der Waals surface area contributed by atoms with E-state index in [1.807, 2.05) is 60.8 Å². The van der Waals surface area contributed by atoms with Crippen molar-refractivity contribution < 1.29 is 33.1 Å². The van der Waals surface area contributed by atoms with Gasteiger partial charge in [-0.05, 0) is 90.9 Å². The topological polar surface area (TPSA) is 202 Å². The summed E-state index contributed by atoms with van der Waals surface area (Å²) in [6, 6.07) is 18.3. The number of amides is 4. The number of aromatic amines is 1. The maximum Gasteiger partial charge on any atom is 0.328 e. The summed E-state index contributed by atoms with van der Waals surface area (Å²) in [5, 5.41) is 15.1. The summed E-state index contributed by atoms with van der Waals surface area (Å²) < 4.78 is 21.3. The quantitative estimate of drug-likeness (QED) is 0.0367. The highest BCUT2D eigenvalue weighted by Crippen LogP contribution is 2.33. The number of carbonyl (C=O) groups excluding carboxylic acids is 4. The highest BCUT2D eigenvalue weighted by molar-refractivity contribution is 7.17. The molecule has 312 valence electrons. The predicted octanol–water partition coefficient (Wildman–Crippen LogP) is 4.53. The van der Waals surface area contributed by atoms with Crippen LogP contribution < -0.4 is 27.4 Å². The molecule has 17 heteroatoms. The van der Waals surface area contributed by atoms with Crippen LogP contribution in [0.5, 0.6) is 0 Å². The molecule has 6 N–H and O–H groups in total. The molecular weight excluding hydrogens is 779 g/mol. The fourth-order valence-corrected chi connectivity index (χ4v) is 8.24. The van der Waals surface area contributed by atoms with Crippen LogP contribution in [0.25, 0.3) is 21.1 Å². The first kappa shape index (κ1) is 42.5. The summed E-state index contributed by atoms with van der Waals surface area (Å²) in [5.74, 6) is -2.63. The Balaban J connectivity index is 1.08. The molecule has 3 heterocycles. The van der Waals surface area contributed by atoms with Gasteiger partial charge in [0, 0.05) is 29.7 Å². The number of urea groups is 1. The van der Waals surface area contributed by atoms with Gasteiger partial charge in [-0.15, -0.1) is 11.3 Å². The number of hydrogen-bond donors (Lipinski definition) is 5. The van der Waals surface area contributed by atoms with Gasteiger partial charge in [0.25, 0.3) is 5.91 Å². The van der Waals surface area contributed by atoms with Gasteiger partial charge in [-0.3, -0.25) is 14.2 Å². The molecular formula is C42H49FN8O7S. The van der Waals surface area contributed by atoms with E-state index in [1.54, 1.807) is 20.8 Å². The Labute approximate surface area is 344 Å². The van der Waals surface area contributed by atoms with Crippen LogP contribution in [0.1, 0.15) is 62.1 Å². The first-order valence-corrected chi connectivity index (χ1v) is 20.6. The number of oxime groups is 1. The van der Waals surface area contributed by atoms with Crippen molar-refractivity contribution in [2.24, 2.45) is 10.9 Å². The van der Waals surface area contributed by atoms with Gasteiger partial charge in [0.2, 0.25) is 5.91 Å². The monoisotopic (exact) mass is 827 g/mol. The van der Waals surface area contributed by atoms with E-state index in [2.05, 4.69) is 26.1 Å². The van der Waals surface area contributed by atoms with Gasteiger partial charge in [0.05, 0.1) is 23.8 Å². The van der Waals surface area contributed by atoms with Gasteiger partial charge in [0.1, 0.15) is 24.5 Å². The summed E-state index contributed by atoms with van der Waals surface area (Å²) in [4.78, 5) is 76.3. The summed E-state index contributed by atoms with van der Waals surface area (Å²) in [5.41, 5.74) is 8.58. The number of H-pyrrole nitrogens is 1. The van der Waals surface area contributed by atoms with E-state index < -0.39 is 48.4 Å². The zero-order chi connectivity index (χ0) is 41.7. The highest BCUT2D eigenvalue weighted by Gasteiger charge is 2.35. The van der Waals surface area contributed by atoms with Crippen LogP contribution in [0.3, 0.4) is 0 Å². The Kier molecular flexibility index (Phi) is 14.8. The smallest absolute Gasteiger partial charge is 0.328 e. The maximum absolute atomic E-state index is 14.3. The van der Waals surface area contributed by atoms with Crippen LogP contribution >= 0.6 is 11.3 Å². The van der Waals surface area contributed by atoms with Crippen molar-refractivity contribution in [1.29, 1.82) is 0 Å². The molecule has 0 saturated carbocycles. The average Bonchev–Trinajstić information content (AvgIpc) is 3.83. The molecule has 3 aromatic carbocycles. The third-order valence-electron chi connectivity index (χ3n) is 10.4. The summed E-state index contributed by atoms with van der Waals surface area (Å²) in [7, 11) is 0. The molecule has 0 aliphatic carbocycles. The van der Waals surface area contributed by atoms with Crippen LogP contribution in [0, 0.1) is 5.82 Å². The number of aromatic nitrogens is 2. The SMILES string of the molecule is CC(c1csc2ccccc12)C(NC(=O)N1CCC(n2c(=O)[nH]c3ccccc32)CC1)C(=O)NC(CCCCN)C(=O)OCCNC(=O)CO/N=C/c1ccc([18F])cc1. The van der Waals surface area contributed by atoms with Crippen LogP contribution in [0.15, 0.2) is 88.1 Å². The maximum atomic E-state index is 14.3. The normalized spacial score (nSPS) is 14.9. The lowest BCUT2D eigenvalue weighted by Crippen LogP contribution is -2.57. The number of benzene rings is 3. The lowest BCUT2D eigenvalue weighted by atomic mass is 9.92. The molecule has 0 radical (unpaired) electrons. The van der Waals surface area contributed by atoms with E-state index in [0.29, 0.717) is 50.9 Å². The van der Waals surface area contributed by atoms with Gasteiger partial charge in [-0.2, -0.15) is 0 Å². The number of carbonyl (C=O) groups is 4. The number of para-hydroxylation sites is 2. The number of rotatable bonds is 18. The van der Waals surface area contributed by atoms with E-state index >= 15 is 0 Å².